The van der Waals surface area contributed by atoms with E-state index in [0.717, 1.165) is 0 Å². The molecule has 2 N–H and O–H groups in total. The number of pyridine rings is 1. The Labute approximate surface area is 129 Å². The minimum atomic E-state index is -3.60. The fraction of sp³-hybridized carbons (Fsp3) is 0.200. The molecule has 1 heterocycles. The molecule has 1 amide bonds. The summed E-state index contributed by atoms with van der Waals surface area (Å²) in [4.78, 5) is 16.3. The van der Waals surface area contributed by atoms with Gasteiger partial charge in [0.25, 0.3) is 5.91 Å². The van der Waals surface area contributed by atoms with E-state index in [9.17, 15) is 13.2 Å². The maximum Gasteiger partial charge on any atom is 0.255 e. The van der Waals surface area contributed by atoms with Crippen molar-refractivity contribution < 1.29 is 13.2 Å². The predicted molar refractivity (Wildman–Crippen MR) is 84.2 cm³/mol. The van der Waals surface area contributed by atoms with Crippen LogP contribution in [-0.4, -0.2) is 25.9 Å². The molecule has 0 aliphatic rings. The number of anilines is 1. The number of aryl methyl sites for hydroxylation is 1. The van der Waals surface area contributed by atoms with Gasteiger partial charge in [0.2, 0.25) is 10.0 Å². The van der Waals surface area contributed by atoms with Gasteiger partial charge >= 0.3 is 0 Å². The molecule has 2 rings (SSSR count). The Morgan fingerprint density at radius 1 is 1.18 bits per heavy atom. The van der Waals surface area contributed by atoms with Crippen molar-refractivity contribution in [3.63, 3.8) is 0 Å². The van der Waals surface area contributed by atoms with Crippen molar-refractivity contribution in [2.45, 2.75) is 18.7 Å². The van der Waals surface area contributed by atoms with E-state index in [1.54, 1.807) is 44.4 Å². The Bertz CT molecular complexity index is 774. The highest BCUT2D eigenvalue weighted by molar-refractivity contribution is 7.89. The molecule has 0 spiro atoms. The molecule has 116 valence electrons. The van der Waals surface area contributed by atoms with Crippen LogP contribution in [0.1, 0.15) is 22.8 Å². The van der Waals surface area contributed by atoms with E-state index in [1.165, 1.54) is 12.1 Å². The lowest BCUT2D eigenvalue weighted by molar-refractivity contribution is 0.102. The number of nitrogens with zero attached hydrogens (tertiary/aromatic N) is 1. The van der Waals surface area contributed by atoms with Gasteiger partial charge in [0, 0.05) is 30.2 Å². The number of benzene rings is 1. The molecule has 1 aromatic heterocycles. The number of sulfonamides is 1. The maximum atomic E-state index is 12.3. The highest BCUT2D eigenvalue weighted by Gasteiger charge is 2.17. The van der Waals surface area contributed by atoms with Crippen LogP contribution in [0.4, 0.5) is 5.69 Å². The SMILES string of the molecule is CCNS(=O)(=O)c1ccc(C)c(C(=O)Nc2ccncc2)c1. The molecule has 0 unspecified atom stereocenters. The largest absolute Gasteiger partial charge is 0.322 e. The number of aromatic nitrogens is 1. The van der Waals surface area contributed by atoms with E-state index in [2.05, 4.69) is 15.0 Å². The summed E-state index contributed by atoms with van der Waals surface area (Å²) in [5, 5.41) is 2.72. The predicted octanol–water partition coefficient (Wildman–Crippen LogP) is 1.94. The Morgan fingerprint density at radius 3 is 2.50 bits per heavy atom. The second-order valence-corrected chi connectivity index (χ2v) is 6.44. The third-order valence-electron chi connectivity index (χ3n) is 3.04. The topological polar surface area (TPSA) is 88.2 Å². The number of hydrogen-bond acceptors (Lipinski definition) is 4. The van der Waals surface area contributed by atoms with Gasteiger partial charge in [-0.2, -0.15) is 0 Å². The summed E-state index contributed by atoms with van der Waals surface area (Å²) in [5.74, 6) is -0.364. The second kappa shape index (κ2) is 6.67. The van der Waals surface area contributed by atoms with Crippen LogP contribution in [0.5, 0.6) is 0 Å². The molecule has 2 aromatic rings. The summed E-state index contributed by atoms with van der Waals surface area (Å²) in [6, 6.07) is 7.80. The van der Waals surface area contributed by atoms with E-state index in [-0.39, 0.29) is 17.3 Å². The molecular weight excluding hydrogens is 302 g/mol. The van der Waals surface area contributed by atoms with Gasteiger partial charge in [-0.25, -0.2) is 13.1 Å². The molecule has 0 saturated carbocycles. The zero-order chi connectivity index (χ0) is 16.2. The van der Waals surface area contributed by atoms with E-state index in [0.29, 0.717) is 16.8 Å². The smallest absolute Gasteiger partial charge is 0.255 e. The maximum absolute atomic E-state index is 12.3. The molecule has 0 aliphatic heterocycles. The molecule has 22 heavy (non-hydrogen) atoms. The van der Waals surface area contributed by atoms with Crippen molar-refractivity contribution in [3.8, 4) is 0 Å². The summed E-state index contributed by atoms with van der Waals surface area (Å²) in [7, 11) is -3.60. The lowest BCUT2D eigenvalue weighted by atomic mass is 10.1. The second-order valence-electron chi connectivity index (χ2n) is 4.67. The van der Waals surface area contributed by atoms with Gasteiger partial charge < -0.3 is 5.32 Å². The fourth-order valence-corrected chi connectivity index (χ4v) is 2.99. The molecule has 0 aliphatic carbocycles. The first kappa shape index (κ1) is 16.1. The Balaban J connectivity index is 2.33. The van der Waals surface area contributed by atoms with Gasteiger partial charge in [0.05, 0.1) is 4.90 Å². The molecule has 0 fully saturated rings. The van der Waals surface area contributed by atoms with Crippen LogP contribution in [0, 0.1) is 6.92 Å². The van der Waals surface area contributed by atoms with Crippen LogP contribution in [0.2, 0.25) is 0 Å². The Kier molecular flexibility index (Phi) is 4.89. The number of amides is 1. The van der Waals surface area contributed by atoms with E-state index in [1.807, 2.05) is 0 Å². The monoisotopic (exact) mass is 319 g/mol. The molecule has 7 heteroatoms. The lowest BCUT2D eigenvalue weighted by Crippen LogP contribution is -2.24. The Morgan fingerprint density at radius 2 is 1.86 bits per heavy atom. The van der Waals surface area contributed by atoms with Crippen molar-refractivity contribution in [1.82, 2.24) is 9.71 Å². The number of hydrogen-bond donors (Lipinski definition) is 2. The van der Waals surface area contributed by atoms with Crippen molar-refractivity contribution in [2.75, 3.05) is 11.9 Å². The normalized spacial score (nSPS) is 11.2. The van der Waals surface area contributed by atoms with Crippen molar-refractivity contribution in [2.24, 2.45) is 0 Å². The molecule has 0 radical (unpaired) electrons. The fourth-order valence-electron chi connectivity index (χ4n) is 1.92. The summed E-state index contributed by atoms with van der Waals surface area (Å²) < 4.78 is 26.5. The van der Waals surface area contributed by atoms with Crippen LogP contribution in [-0.2, 0) is 10.0 Å². The van der Waals surface area contributed by atoms with Gasteiger partial charge in [-0.3, -0.25) is 9.78 Å². The number of carbonyl (C=O) groups excluding carboxylic acids is 1. The van der Waals surface area contributed by atoms with Gasteiger partial charge in [-0.1, -0.05) is 13.0 Å². The quantitative estimate of drug-likeness (QED) is 0.881. The average molecular weight is 319 g/mol. The van der Waals surface area contributed by atoms with Crippen molar-refractivity contribution in [3.05, 3.63) is 53.9 Å². The van der Waals surface area contributed by atoms with E-state index < -0.39 is 10.0 Å². The third-order valence-corrected chi connectivity index (χ3v) is 4.58. The Hall–Kier alpha value is -2.25. The molecule has 6 nitrogen and oxygen atoms in total. The van der Waals surface area contributed by atoms with Gasteiger partial charge in [-0.05, 0) is 36.8 Å². The third kappa shape index (κ3) is 3.69. The standard InChI is InChI=1S/C15H17N3O3S/c1-3-17-22(20,21)13-5-4-11(2)14(10-13)15(19)18-12-6-8-16-9-7-12/h4-10,17H,3H2,1-2H3,(H,16,18,19). The van der Waals surface area contributed by atoms with E-state index >= 15 is 0 Å². The zero-order valence-corrected chi connectivity index (χ0v) is 13.1. The van der Waals surface area contributed by atoms with Crippen LogP contribution < -0.4 is 10.0 Å². The zero-order valence-electron chi connectivity index (χ0n) is 12.3. The van der Waals surface area contributed by atoms with Crippen LogP contribution >= 0.6 is 0 Å². The highest BCUT2D eigenvalue weighted by Crippen LogP contribution is 2.17. The molecular formula is C15H17N3O3S. The first-order chi connectivity index (χ1) is 10.4. The first-order valence-corrected chi connectivity index (χ1v) is 8.24. The van der Waals surface area contributed by atoms with Crippen LogP contribution in [0.3, 0.4) is 0 Å². The number of nitrogens with one attached hydrogen (secondary N) is 2. The van der Waals surface area contributed by atoms with E-state index in [4.69, 9.17) is 0 Å². The molecule has 0 atom stereocenters. The number of carbonyl (C=O) groups is 1. The summed E-state index contributed by atoms with van der Waals surface area (Å²) in [5.41, 5.74) is 1.61. The average Bonchev–Trinajstić information content (AvgIpc) is 2.48. The molecule has 0 saturated heterocycles. The summed E-state index contributed by atoms with van der Waals surface area (Å²) >= 11 is 0. The highest BCUT2D eigenvalue weighted by atomic mass is 32.2. The van der Waals surface area contributed by atoms with Crippen LogP contribution in [0.25, 0.3) is 0 Å². The van der Waals surface area contributed by atoms with Crippen LogP contribution in [0.15, 0.2) is 47.6 Å². The molecule has 1 aromatic carbocycles. The van der Waals surface area contributed by atoms with Crippen molar-refractivity contribution >= 4 is 21.6 Å². The van der Waals surface area contributed by atoms with Gasteiger partial charge in [-0.15, -0.1) is 0 Å². The summed E-state index contributed by atoms with van der Waals surface area (Å²) in [6.45, 7) is 3.74. The van der Waals surface area contributed by atoms with Gasteiger partial charge in [0.1, 0.15) is 0 Å². The lowest BCUT2D eigenvalue weighted by Gasteiger charge is -2.10. The minimum Gasteiger partial charge on any atom is -0.322 e. The summed E-state index contributed by atoms with van der Waals surface area (Å²) in [6.07, 6.45) is 3.13. The van der Waals surface area contributed by atoms with Crippen molar-refractivity contribution in [1.29, 1.82) is 0 Å². The van der Waals surface area contributed by atoms with Gasteiger partial charge in [0.15, 0.2) is 0 Å². The molecule has 0 bridgehead atoms. The minimum absolute atomic E-state index is 0.0693. The number of rotatable bonds is 5. The first-order valence-electron chi connectivity index (χ1n) is 6.75.